The fraction of sp³-hybridized carbons (Fsp3) is 0.923. The third-order valence-electron chi connectivity index (χ3n) is 3.63. The fourth-order valence-corrected chi connectivity index (χ4v) is 2.45. The van der Waals surface area contributed by atoms with Gasteiger partial charge >= 0.3 is 0 Å². The van der Waals surface area contributed by atoms with Crippen molar-refractivity contribution in [1.82, 2.24) is 4.90 Å². The average Bonchev–Trinajstić information content (AvgIpc) is 2.38. The summed E-state index contributed by atoms with van der Waals surface area (Å²) in [5.41, 5.74) is 5.94. The van der Waals surface area contributed by atoms with E-state index in [2.05, 4.69) is 6.92 Å². The van der Waals surface area contributed by atoms with Gasteiger partial charge in [-0.2, -0.15) is 0 Å². The molecule has 5 heteroatoms. The molecule has 106 valence electrons. The van der Waals surface area contributed by atoms with Crippen molar-refractivity contribution < 1.29 is 14.3 Å². The number of hydrogen-bond acceptors (Lipinski definition) is 4. The first-order chi connectivity index (χ1) is 8.60. The van der Waals surface area contributed by atoms with Gasteiger partial charge in [-0.1, -0.05) is 0 Å². The lowest BCUT2D eigenvalue weighted by Gasteiger charge is -2.38. The van der Waals surface area contributed by atoms with Crippen LogP contribution in [0.1, 0.15) is 32.6 Å². The molecule has 0 saturated carbocycles. The van der Waals surface area contributed by atoms with Gasteiger partial charge in [0.15, 0.2) is 0 Å². The minimum atomic E-state index is -0.401. The maximum atomic E-state index is 12.2. The number of piperidine rings is 1. The molecule has 0 radical (unpaired) electrons. The van der Waals surface area contributed by atoms with Crippen molar-refractivity contribution in [1.29, 1.82) is 0 Å². The number of rotatable bonds is 6. The molecule has 0 aromatic heterocycles. The van der Waals surface area contributed by atoms with E-state index in [1.54, 1.807) is 14.2 Å². The Kier molecular flexibility index (Phi) is 6.60. The van der Waals surface area contributed by atoms with Gasteiger partial charge in [-0.3, -0.25) is 4.79 Å². The number of nitrogens with two attached hydrogens (primary N) is 1. The smallest absolute Gasteiger partial charge is 0.239 e. The van der Waals surface area contributed by atoms with Crippen LogP contribution in [0.5, 0.6) is 0 Å². The van der Waals surface area contributed by atoms with E-state index in [-0.39, 0.29) is 18.1 Å². The van der Waals surface area contributed by atoms with Crippen LogP contribution in [0.25, 0.3) is 0 Å². The molecule has 0 aliphatic carbocycles. The van der Waals surface area contributed by atoms with Crippen molar-refractivity contribution >= 4 is 5.91 Å². The summed E-state index contributed by atoms with van der Waals surface area (Å²) in [5.74, 6) is 0.0631. The molecule has 1 amide bonds. The maximum Gasteiger partial charge on any atom is 0.239 e. The van der Waals surface area contributed by atoms with E-state index in [1.165, 1.54) is 0 Å². The van der Waals surface area contributed by atoms with Gasteiger partial charge in [0, 0.05) is 33.4 Å². The Balaban J connectivity index is 2.41. The molecule has 3 unspecified atom stereocenters. The molecule has 1 saturated heterocycles. The second-order valence-corrected chi connectivity index (χ2v) is 5.00. The summed E-state index contributed by atoms with van der Waals surface area (Å²) in [7, 11) is 3.39. The first-order valence-electron chi connectivity index (χ1n) is 6.68. The molecule has 3 atom stereocenters. The molecule has 0 aromatic rings. The second kappa shape index (κ2) is 7.71. The third kappa shape index (κ3) is 4.23. The summed E-state index contributed by atoms with van der Waals surface area (Å²) in [6.07, 6.45) is 3.58. The number of carbonyl (C=O) groups excluding carboxylic acids is 1. The highest BCUT2D eigenvalue weighted by Crippen LogP contribution is 2.20. The third-order valence-corrected chi connectivity index (χ3v) is 3.63. The number of likely N-dealkylation sites (tertiary alicyclic amines) is 1. The van der Waals surface area contributed by atoms with Crippen LogP contribution >= 0.6 is 0 Å². The Bertz CT molecular complexity index is 261. The molecule has 1 rings (SSSR count). The second-order valence-electron chi connectivity index (χ2n) is 5.00. The van der Waals surface area contributed by atoms with E-state index in [0.717, 1.165) is 25.8 Å². The van der Waals surface area contributed by atoms with Crippen LogP contribution in [0.15, 0.2) is 0 Å². The van der Waals surface area contributed by atoms with Gasteiger partial charge in [0.1, 0.15) is 0 Å². The highest BCUT2D eigenvalue weighted by Gasteiger charge is 2.30. The highest BCUT2D eigenvalue weighted by atomic mass is 16.5. The minimum absolute atomic E-state index is 0.0631. The van der Waals surface area contributed by atoms with E-state index < -0.39 is 6.04 Å². The molecule has 2 N–H and O–H groups in total. The van der Waals surface area contributed by atoms with Gasteiger partial charge < -0.3 is 20.1 Å². The van der Waals surface area contributed by atoms with Crippen molar-refractivity contribution in [3.05, 3.63) is 0 Å². The van der Waals surface area contributed by atoms with Crippen LogP contribution in [0.2, 0.25) is 0 Å². The zero-order valence-corrected chi connectivity index (χ0v) is 11.7. The molecule has 1 aliphatic heterocycles. The number of ether oxygens (including phenoxy) is 2. The molecule has 18 heavy (non-hydrogen) atoms. The van der Waals surface area contributed by atoms with Crippen LogP contribution in [0, 0.1) is 0 Å². The lowest BCUT2D eigenvalue weighted by atomic mass is 9.99. The molecular formula is C13H26N2O3. The maximum absolute atomic E-state index is 12.2. The van der Waals surface area contributed by atoms with E-state index in [4.69, 9.17) is 15.2 Å². The number of amides is 1. The lowest BCUT2D eigenvalue weighted by Crippen LogP contribution is -2.52. The lowest BCUT2D eigenvalue weighted by molar-refractivity contribution is -0.138. The summed E-state index contributed by atoms with van der Waals surface area (Å²) in [4.78, 5) is 14.1. The van der Waals surface area contributed by atoms with Crippen LogP contribution < -0.4 is 5.73 Å². The highest BCUT2D eigenvalue weighted by molar-refractivity contribution is 5.82. The molecule has 5 nitrogen and oxygen atoms in total. The van der Waals surface area contributed by atoms with E-state index in [1.807, 2.05) is 4.90 Å². The fourth-order valence-electron chi connectivity index (χ4n) is 2.45. The van der Waals surface area contributed by atoms with E-state index >= 15 is 0 Å². The van der Waals surface area contributed by atoms with Gasteiger partial charge in [0.25, 0.3) is 0 Å². The molecule has 0 bridgehead atoms. The predicted molar refractivity (Wildman–Crippen MR) is 70.3 cm³/mol. The zero-order chi connectivity index (χ0) is 13.5. The predicted octanol–water partition coefficient (Wildman–Crippen LogP) is 0.766. The topological polar surface area (TPSA) is 64.8 Å². The Morgan fingerprint density at radius 3 is 2.78 bits per heavy atom. The molecule has 1 heterocycles. The number of carbonyl (C=O) groups is 1. The monoisotopic (exact) mass is 258 g/mol. The van der Waals surface area contributed by atoms with Gasteiger partial charge in [-0.25, -0.2) is 0 Å². The zero-order valence-electron chi connectivity index (χ0n) is 11.7. The standard InChI is InChI=1S/C13H26N2O3/c1-10-9-11(18-3)6-7-15(10)13(16)12(14)5-4-8-17-2/h10-12H,4-9,14H2,1-3H3. The van der Waals surface area contributed by atoms with E-state index in [9.17, 15) is 4.79 Å². The Morgan fingerprint density at radius 2 is 2.22 bits per heavy atom. The molecule has 1 fully saturated rings. The number of methoxy groups -OCH3 is 2. The Hall–Kier alpha value is -0.650. The Morgan fingerprint density at radius 1 is 1.50 bits per heavy atom. The molecular weight excluding hydrogens is 232 g/mol. The Labute approximate surface area is 110 Å². The summed E-state index contributed by atoms with van der Waals surface area (Å²) in [5, 5.41) is 0. The van der Waals surface area contributed by atoms with E-state index in [0.29, 0.717) is 13.0 Å². The first-order valence-corrected chi connectivity index (χ1v) is 6.68. The van der Waals surface area contributed by atoms with Gasteiger partial charge in [0.05, 0.1) is 12.1 Å². The first kappa shape index (κ1) is 15.4. The van der Waals surface area contributed by atoms with Gasteiger partial charge in [-0.15, -0.1) is 0 Å². The average molecular weight is 258 g/mol. The minimum Gasteiger partial charge on any atom is -0.385 e. The summed E-state index contributed by atoms with van der Waals surface area (Å²) >= 11 is 0. The molecule has 1 aliphatic rings. The summed E-state index contributed by atoms with van der Waals surface area (Å²) in [6, 6.07) is -0.189. The van der Waals surface area contributed by atoms with Crippen LogP contribution in [-0.2, 0) is 14.3 Å². The summed E-state index contributed by atoms with van der Waals surface area (Å²) < 4.78 is 10.3. The van der Waals surface area contributed by atoms with Crippen molar-refractivity contribution in [2.45, 2.75) is 50.8 Å². The van der Waals surface area contributed by atoms with Gasteiger partial charge in [-0.05, 0) is 32.6 Å². The van der Waals surface area contributed by atoms with Crippen molar-refractivity contribution in [2.75, 3.05) is 27.4 Å². The number of nitrogens with zero attached hydrogens (tertiary/aromatic N) is 1. The van der Waals surface area contributed by atoms with Crippen LogP contribution in [-0.4, -0.2) is 56.4 Å². The quantitative estimate of drug-likeness (QED) is 0.715. The van der Waals surface area contributed by atoms with Crippen LogP contribution in [0.4, 0.5) is 0 Å². The number of hydrogen-bond donors (Lipinski definition) is 1. The van der Waals surface area contributed by atoms with Crippen molar-refractivity contribution in [2.24, 2.45) is 5.73 Å². The molecule has 0 aromatic carbocycles. The van der Waals surface area contributed by atoms with Gasteiger partial charge in [0.2, 0.25) is 5.91 Å². The van der Waals surface area contributed by atoms with Crippen molar-refractivity contribution in [3.63, 3.8) is 0 Å². The SMILES string of the molecule is COCCCC(N)C(=O)N1CCC(OC)CC1C. The normalized spacial score (nSPS) is 26.1. The largest absolute Gasteiger partial charge is 0.385 e. The summed E-state index contributed by atoms with van der Waals surface area (Å²) in [6.45, 7) is 3.46. The van der Waals surface area contributed by atoms with Crippen LogP contribution in [0.3, 0.4) is 0 Å². The van der Waals surface area contributed by atoms with Crippen molar-refractivity contribution in [3.8, 4) is 0 Å². The molecule has 0 spiro atoms.